The third kappa shape index (κ3) is 3.95. The van der Waals surface area contributed by atoms with Crippen LogP contribution in [0.1, 0.15) is 60.3 Å². The van der Waals surface area contributed by atoms with Crippen LogP contribution in [0.4, 0.5) is 0 Å². The van der Waals surface area contributed by atoms with Crippen molar-refractivity contribution in [3.8, 4) is 0 Å². The molecular formula is C14H26O4. The lowest BCUT2D eigenvalue weighted by molar-refractivity contribution is -0.454. The number of carbonyl (C=O) groups excluding carboxylic acids is 1. The highest BCUT2D eigenvalue weighted by Gasteiger charge is 2.47. The van der Waals surface area contributed by atoms with Crippen LogP contribution in [0.5, 0.6) is 0 Å². The van der Waals surface area contributed by atoms with Crippen molar-refractivity contribution in [2.45, 2.75) is 71.5 Å². The fourth-order valence-corrected chi connectivity index (χ4v) is 1.84. The van der Waals surface area contributed by atoms with E-state index in [1.807, 2.05) is 13.8 Å². The van der Waals surface area contributed by atoms with Gasteiger partial charge < -0.3 is 4.74 Å². The van der Waals surface area contributed by atoms with E-state index in [0.717, 1.165) is 25.7 Å². The molecule has 0 aromatic heterocycles. The van der Waals surface area contributed by atoms with Crippen molar-refractivity contribution in [3.05, 3.63) is 0 Å². The Morgan fingerprint density at radius 2 is 2.11 bits per heavy atom. The summed E-state index contributed by atoms with van der Waals surface area (Å²) >= 11 is 0. The van der Waals surface area contributed by atoms with E-state index in [1.165, 1.54) is 0 Å². The zero-order chi connectivity index (χ0) is 13.8. The molecule has 0 aromatic rings. The van der Waals surface area contributed by atoms with E-state index in [0.29, 0.717) is 5.92 Å². The molecule has 0 radical (unpaired) electrons. The summed E-state index contributed by atoms with van der Waals surface area (Å²) in [5, 5.41) is 0. The van der Waals surface area contributed by atoms with Gasteiger partial charge in [0.2, 0.25) is 5.60 Å². The van der Waals surface area contributed by atoms with Crippen LogP contribution in [-0.2, 0) is 19.3 Å². The maximum atomic E-state index is 12.0. The summed E-state index contributed by atoms with van der Waals surface area (Å²) in [4.78, 5) is 21.4. The summed E-state index contributed by atoms with van der Waals surface area (Å²) in [6.07, 6.45) is 3.94. The van der Waals surface area contributed by atoms with Crippen molar-refractivity contribution < 1.29 is 19.3 Å². The Morgan fingerprint density at radius 1 is 1.50 bits per heavy atom. The number of hydrogen-bond acceptors (Lipinski definition) is 4. The molecule has 1 heterocycles. The summed E-state index contributed by atoms with van der Waals surface area (Å²) < 4.78 is 5.63. The molecule has 0 aromatic carbocycles. The minimum absolute atomic E-state index is 0.275. The summed E-state index contributed by atoms with van der Waals surface area (Å²) in [5.74, 6) is 0.366. The molecule has 18 heavy (non-hydrogen) atoms. The van der Waals surface area contributed by atoms with Crippen LogP contribution in [0.2, 0.25) is 0 Å². The Bertz CT molecular complexity index is 284. The van der Waals surface area contributed by atoms with E-state index in [-0.39, 0.29) is 12.6 Å². The van der Waals surface area contributed by atoms with Crippen molar-refractivity contribution in [1.29, 1.82) is 0 Å². The molecule has 0 amide bonds. The van der Waals surface area contributed by atoms with Crippen molar-refractivity contribution in [1.82, 2.24) is 0 Å². The second kappa shape index (κ2) is 6.02. The first-order chi connectivity index (χ1) is 8.31. The first-order valence-electron chi connectivity index (χ1n) is 6.85. The maximum absolute atomic E-state index is 12.0. The molecule has 1 saturated heterocycles. The molecule has 0 aliphatic carbocycles. The van der Waals surface area contributed by atoms with E-state index >= 15 is 0 Å². The molecular weight excluding hydrogens is 232 g/mol. The average Bonchev–Trinajstić information content (AvgIpc) is 2.25. The van der Waals surface area contributed by atoms with Gasteiger partial charge in [-0.25, -0.2) is 14.6 Å². The Balaban J connectivity index is 2.45. The first-order valence-corrected chi connectivity index (χ1v) is 6.85. The summed E-state index contributed by atoms with van der Waals surface area (Å²) in [7, 11) is 0. The van der Waals surface area contributed by atoms with E-state index in [9.17, 15) is 4.79 Å². The second-order valence-electron chi connectivity index (χ2n) is 6.06. The number of hydrogen-bond donors (Lipinski definition) is 0. The molecule has 4 heteroatoms. The van der Waals surface area contributed by atoms with E-state index in [4.69, 9.17) is 9.62 Å². The standard InChI is InChI=1S/C14H26O4/c1-6-13(4,9-7-8-11(2)3)17-12(15)14(5)10-16-18-14/h11H,6-10H2,1-5H3. The monoisotopic (exact) mass is 258 g/mol. The highest BCUT2D eigenvalue weighted by atomic mass is 17.2. The number of ether oxygens (including phenoxy) is 1. The van der Waals surface area contributed by atoms with Crippen LogP contribution in [-0.4, -0.2) is 23.8 Å². The Kier molecular flexibility index (Phi) is 5.17. The van der Waals surface area contributed by atoms with Gasteiger partial charge in [-0.2, -0.15) is 0 Å². The summed E-state index contributed by atoms with van der Waals surface area (Å²) in [6, 6.07) is 0. The molecule has 1 aliphatic heterocycles. The molecule has 2 atom stereocenters. The molecule has 4 nitrogen and oxygen atoms in total. The van der Waals surface area contributed by atoms with Crippen LogP contribution >= 0.6 is 0 Å². The molecule has 1 aliphatic rings. The van der Waals surface area contributed by atoms with Gasteiger partial charge in [0.25, 0.3) is 0 Å². The maximum Gasteiger partial charge on any atom is 0.344 e. The topological polar surface area (TPSA) is 44.8 Å². The molecule has 0 spiro atoms. The van der Waals surface area contributed by atoms with Crippen LogP contribution in [0, 0.1) is 5.92 Å². The number of carbonyl (C=O) groups is 1. The highest BCUT2D eigenvalue weighted by molar-refractivity contribution is 5.80. The molecule has 1 rings (SSSR count). The molecule has 2 unspecified atom stereocenters. The number of esters is 1. The predicted molar refractivity (Wildman–Crippen MR) is 68.9 cm³/mol. The van der Waals surface area contributed by atoms with Gasteiger partial charge in [0.1, 0.15) is 12.2 Å². The van der Waals surface area contributed by atoms with Crippen LogP contribution < -0.4 is 0 Å². The van der Waals surface area contributed by atoms with Crippen LogP contribution in [0.15, 0.2) is 0 Å². The molecule has 1 fully saturated rings. The lowest BCUT2D eigenvalue weighted by Crippen LogP contribution is -2.54. The van der Waals surface area contributed by atoms with Gasteiger partial charge in [0.05, 0.1) is 0 Å². The summed E-state index contributed by atoms with van der Waals surface area (Å²) in [6.45, 7) is 10.4. The summed E-state index contributed by atoms with van der Waals surface area (Å²) in [5.41, 5.74) is -1.30. The quantitative estimate of drug-likeness (QED) is 0.519. The number of rotatable bonds is 7. The van der Waals surface area contributed by atoms with Gasteiger partial charge in [-0.1, -0.05) is 27.2 Å². The van der Waals surface area contributed by atoms with Gasteiger partial charge in [-0.15, -0.1) is 0 Å². The molecule has 0 saturated carbocycles. The third-order valence-corrected chi connectivity index (χ3v) is 3.58. The lowest BCUT2D eigenvalue weighted by atomic mass is 9.93. The minimum Gasteiger partial charge on any atom is -0.457 e. The van der Waals surface area contributed by atoms with Crippen LogP contribution in [0.25, 0.3) is 0 Å². The average molecular weight is 258 g/mol. The molecule has 0 N–H and O–H groups in total. The van der Waals surface area contributed by atoms with Gasteiger partial charge in [0.15, 0.2) is 0 Å². The highest BCUT2D eigenvalue weighted by Crippen LogP contribution is 2.30. The zero-order valence-electron chi connectivity index (χ0n) is 12.2. The van der Waals surface area contributed by atoms with Crippen molar-refractivity contribution in [3.63, 3.8) is 0 Å². The van der Waals surface area contributed by atoms with E-state index < -0.39 is 11.2 Å². The van der Waals surface area contributed by atoms with Crippen LogP contribution in [0.3, 0.4) is 0 Å². The predicted octanol–water partition coefficient (Wildman–Crippen LogP) is 3.25. The van der Waals surface area contributed by atoms with Gasteiger partial charge in [-0.3, -0.25) is 0 Å². The smallest absolute Gasteiger partial charge is 0.344 e. The fraction of sp³-hybridized carbons (Fsp3) is 0.929. The SMILES string of the molecule is CCC(C)(CCCC(C)C)OC(=O)C1(C)COO1. The van der Waals surface area contributed by atoms with Gasteiger partial charge >= 0.3 is 5.97 Å². The normalized spacial score (nSPS) is 26.6. The second-order valence-corrected chi connectivity index (χ2v) is 6.06. The van der Waals surface area contributed by atoms with Crippen molar-refractivity contribution in [2.75, 3.05) is 6.61 Å². The lowest BCUT2D eigenvalue weighted by Gasteiger charge is -2.37. The fourth-order valence-electron chi connectivity index (χ4n) is 1.84. The molecule has 106 valence electrons. The van der Waals surface area contributed by atoms with E-state index in [1.54, 1.807) is 6.92 Å². The Hall–Kier alpha value is -0.610. The first kappa shape index (κ1) is 15.4. The Morgan fingerprint density at radius 3 is 2.50 bits per heavy atom. The van der Waals surface area contributed by atoms with E-state index in [2.05, 4.69) is 18.7 Å². The van der Waals surface area contributed by atoms with Crippen molar-refractivity contribution >= 4 is 5.97 Å². The van der Waals surface area contributed by atoms with Gasteiger partial charge in [0, 0.05) is 0 Å². The molecule has 0 bridgehead atoms. The zero-order valence-corrected chi connectivity index (χ0v) is 12.2. The Labute approximate surface area is 110 Å². The minimum atomic E-state index is -0.908. The largest absolute Gasteiger partial charge is 0.457 e. The van der Waals surface area contributed by atoms with Gasteiger partial charge in [-0.05, 0) is 39.0 Å². The van der Waals surface area contributed by atoms with Crippen molar-refractivity contribution in [2.24, 2.45) is 5.92 Å². The third-order valence-electron chi connectivity index (χ3n) is 3.58.